The highest BCUT2D eigenvalue weighted by atomic mass is 15.1. The first kappa shape index (κ1) is 15.0. The zero-order chi connectivity index (χ0) is 12.9. The Labute approximate surface area is 108 Å². The van der Waals surface area contributed by atoms with Gasteiger partial charge in [0.15, 0.2) is 0 Å². The zero-order valence-corrected chi connectivity index (χ0v) is 12.6. The van der Waals surface area contributed by atoms with Gasteiger partial charge < -0.3 is 10.2 Å². The van der Waals surface area contributed by atoms with E-state index in [0.717, 1.165) is 5.92 Å². The maximum atomic E-state index is 3.55. The summed E-state index contributed by atoms with van der Waals surface area (Å²) >= 11 is 0. The molecule has 0 radical (unpaired) electrons. The Morgan fingerprint density at radius 3 is 2.24 bits per heavy atom. The van der Waals surface area contributed by atoms with Gasteiger partial charge in [0.25, 0.3) is 0 Å². The van der Waals surface area contributed by atoms with E-state index in [-0.39, 0.29) is 0 Å². The first-order valence-electron chi connectivity index (χ1n) is 7.28. The van der Waals surface area contributed by atoms with Crippen molar-refractivity contribution >= 4 is 0 Å². The standard InChI is InChI=1S/C15H32N2/c1-15(2,3)12-17(5)11-14(16-4)13-9-7-6-8-10-13/h13-14,16H,6-12H2,1-5H3. The van der Waals surface area contributed by atoms with Gasteiger partial charge in [-0.05, 0) is 38.3 Å². The molecule has 17 heavy (non-hydrogen) atoms. The van der Waals surface area contributed by atoms with Crippen LogP contribution in [0.25, 0.3) is 0 Å². The number of hydrogen-bond acceptors (Lipinski definition) is 2. The maximum absolute atomic E-state index is 3.55. The highest BCUT2D eigenvalue weighted by Gasteiger charge is 2.24. The Morgan fingerprint density at radius 1 is 1.18 bits per heavy atom. The fourth-order valence-electron chi connectivity index (χ4n) is 3.22. The van der Waals surface area contributed by atoms with Crippen LogP contribution < -0.4 is 5.32 Å². The van der Waals surface area contributed by atoms with Gasteiger partial charge in [-0.2, -0.15) is 0 Å². The van der Waals surface area contributed by atoms with E-state index in [0.29, 0.717) is 11.5 Å². The van der Waals surface area contributed by atoms with Crippen molar-refractivity contribution in [2.75, 3.05) is 27.2 Å². The number of rotatable bonds is 5. The summed E-state index contributed by atoms with van der Waals surface area (Å²) in [4.78, 5) is 2.50. The summed E-state index contributed by atoms with van der Waals surface area (Å²) in [7, 11) is 4.39. The van der Waals surface area contributed by atoms with E-state index in [1.807, 2.05) is 0 Å². The number of nitrogens with one attached hydrogen (secondary N) is 1. The van der Waals surface area contributed by atoms with Gasteiger partial charge in [0.1, 0.15) is 0 Å². The van der Waals surface area contributed by atoms with E-state index < -0.39 is 0 Å². The third kappa shape index (κ3) is 5.87. The monoisotopic (exact) mass is 240 g/mol. The summed E-state index contributed by atoms with van der Waals surface area (Å²) in [5.41, 5.74) is 0.402. The first-order chi connectivity index (χ1) is 7.92. The van der Waals surface area contributed by atoms with Crippen LogP contribution in [0.2, 0.25) is 0 Å². The van der Waals surface area contributed by atoms with E-state index in [2.05, 4.69) is 45.1 Å². The first-order valence-corrected chi connectivity index (χ1v) is 7.28. The van der Waals surface area contributed by atoms with Gasteiger partial charge in [0.2, 0.25) is 0 Å². The average molecular weight is 240 g/mol. The fraction of sp³-hybridized carbons (Fsp3) is 1.00. The molecular formula is C15H32N2. The SMILES string of the molecule is CNC(CN(C)CC(C)(C)C)C1CCCCC1. The zero-order valence-electron chi connectivity index (χ0n) is 12.6. The molecule has 0 bridgehead atoms. The van der Waals surface area contributed by atoms with Crippen molar-refractivity contribution in [1.82, 2.24) is 10.2 Å². The molecule has 1 rings (SSSR count). The van der Waals surface area contributed by atoms with Crippen LogP contribution in [0.5, 0.6) is 0 Å². The van der Waals surface area contributed by atoms with Crippen molar-refractivity contribution in [3.8, 4) is 0 Å². The molecule has 1 atom stereocenters. The molecule has 1 saturated carbocycles. The number of nitrogens with zero attached hydrogens (tertiary/aromatic N) is 1. The Hall–Kier alpha value is -0.0800. The molecule has 2 nitrogen and oxygen atoms in total. The molecule has 1 aliphatic carbocycles. The van der Waals surface area contributed by atoms with Crippen LogP contribution in [-0.4, -0.2) is 38.1 Å². The van der Waals surface area contributed by atoms with Crippen LogP contribution in [0.15, 0.2) is 0 Å². The highest BCUT2D eigenvalue weighted by molar-refractivity contribution is 4.81. The lowest BCUT2D eigenvalue weighted by Gasteiger charge is -2.35. The van der Waals surface area contributed by atoms with E-state index in [1.165, 1.54) is 45.2 Å². The van der Waals surface area contributed by atoms with Crippen LogP contribution in [0.1, 0.15) is 52.9 Å². The molecular weight excluding hydrogens is 208 g/mol. The largest absolute Gasteiger partial charge is 0.315 e. The molecule has 0 aromatic rings. The molecule has 2 heteroatoms. The van der Waals surface area contributed by atoms with E-state index >= 15 is 0 Å². The maximum Gasteiger partial charge on any atom is 0.0220 e. The van der Waals surface area contributed by atoms with Gasteiger partial charge in [-0.25, -0.2) is 0 Å². The van der Waals surface area contributed by atoms with Crippen molar-refractivity contribution in [2.24, 2.45) is 11.3 Å². The summed E-state index contributed by atoms with van der Waals surface area (Å²) < 4.78 is 0. The lowest BCUT2D eigenvalue weighted by Crippen LogP contribution is -2.45. The van der Waals surface area contributed by atoms with Crippen LogP contribution in [0, 0.1) is 11.3 Å². The van der Waals surface area contributed by atoms with Crippen LogP contribution >= 0.6 is 0 Å². The Bertz CT molecular complexity index is 201. The summed E-state index contributed by atoms with van der Waals surface area (Å²) in [6.45, 7) is 9.33. The third-order valence-corrected chi connectivity index (χ3v) is 3.84. The van der Waals surface area contributed by atoms with Gasteiger partial charge >= 0.3 is 0 Å². The van der Waals surface area contributed by atoms with Gasteiger partial charge in [0, 0.05) is 19.1 Å². The normalized spacial score (nSPS) is 20.8. The topological polar surface area (TPSA) is 15.3 Å². The summed E-state index contributed by atoms with van der Waals surface area (Å²) in [5, 5.41) is 3.55. The second-order valence-corrected chi connectivity index (χ2v) is 7.05. The van der Waals surface area contributed by atoms with Gasteiger partial charge in [-0.15, -0.1) is 0 Å². The molecule has 102 valence electrons. The summed E-state index contributed by atoms with van der Waals surface area (Å²) in [6.07, 6.45) is 7.17. The minimum Gasteiger partial charge on any atom is -0.315 e. The molecule has 0 aromatic heterocycles. The Balaban J connectivity index is 2.39. The quantitative estimate of drug-likeness (QED) is 0.794. The van der Waals surface area contributed by atoms with Crippen LogP contribution in [0.4, 0.5) is 0 Å². The van der Waals surface area contributed by atoms with Gasteiger partial charge in [0.05, 0.1) is 0 Å². The lowest BCUT2D eigenvalue weighted by atomic mass is 9.83. The van der Waals surface area contributed by atoms with E-state index in [4.69, 9.17) is 0 Å². The van der Waals surface area contributed by atoms with Crippen molar-refractivity contribution in [2.45, 2.75) is 58.9 Å². The second kappa shape index (κ2) is 6.75. The molecule has 0 saturated heterocycles. The minimum atomic E-state index is 0.402. The number of hydrogen-bond donors (Lipinski definition) is 1. The molecule has 0 spiro atoms. The fourth-order valence-corrected chi connectivity index (χ4v) is 3.22. The smallest absolute Gasteiger partial charge is 0.0220 e. The van der Waals surface area contributed by atoms with Crippen molar-refractivity contribution < 1.29 is 0 Å². The molecule has 0 aromatic carbocycles. The Kier molecular flexibility index (Phi) is 5.94. The van der Waals surface area contributed by atoms with Crippen molar-refractivity contribution in [3.05, 3.63) is 0 Å². The molecule has 1 N–H and O–H groups in total. The molecule has 0 heterocycles. The van der Waals surface area contributed by atoms with E-state index in [1.54, 1.807) is 0 Å². The molecule has 1 aliphatic rings. The predicted octanol–water partition coefficient (Wildman–Crippen LogP) is 3.13. The van der Waals surface area contributed by atoms with E-state index in [9.17, 15) is 0 Å². The average Bonchev–Trinajstić information content (AvgIpc) is 2.24. The number of likely N-dealkylation sites (N-methyl/N-ethyl adjacent to an activating group) is 2. The van der Waals surface area contributed by atoms with Crippen LogP contribution in [-0.2, 0) is 0 Å². The second-order valence-electron chi connectivity index (χ2n) is 7.05. The highest BCUT2D eigenvalue weighted by Crippen LogP contribution is 2.27. The van der Waals surface area contributed by atoms with Crippen molar-refractivity contribution in [3.63, 3.8) is 0 Å². The van der Waals surface area contributed by atoms with Crippen molar-refractivity contribution in [1.29, 1.82) is 0 Å². The molecule has 1 fully saturated rings. The molecule has 1 unspecified atom stereocenters. The van der Waals surface area contributed by atoms with Gasteiger partial charge in [-0.1, -0.05) is 40.0 Å². The molecule has 0 aliphatic heterocycles. The molecule has 0 amide bonds. The predicted molar refractivity (Wildman–Crippen MR) is 76.4 cm³/mol. The van der Waals surface area contributed by atoms with Crippen LogP contribution in [0.3, 0.4) is 0 Å². The minimum absolute atomic E-state index is 0.402. The van der Waals surface area contributed by atoms with Gasteiger partial charge in [-0.3, -0.25) is 0 Å². The summed E-state index contributed by atoms with van der Waals surface area (Å²) in [6, 6.07) is 0.683. The Morgan fingerprint density at radius 2 is 1.76 bits per heavy atom. The lowest BCUT2D eigenvalue weighted by molar-refractivity contribution is 0.173. The third-order valence-electron chi connectivity index (χ3n) is 3.84. The summed E-state index contributed by atoms with van der Waals surface area (Å²) in [5.74, 6) is 0.899.